The first kappa shape index (κ1) is 19.4. The highest BCUT2D eigenvalue weighted by Gasteiger charge is 2.33. The molecule has 1 aliphatic rings. The van der Waals surface area contributed by atoms with E-state index >= 15 is 0 Å². The third kappa shape index (κ3) is 3.79. The minimum atomic E-state index is -0.928. The number of hydrogen-bond donors (Lipinski definition) is 1. The van der Waals surface area contributed by atoms with E-state index in [1.54, 1.807) is 18.3 Å². The Labute approximate surface area is 181 Å². The summed E-state index contributed by atoms with van der Waals surface area (Å²) in [6.45, 7) is 0. The first-order valence-electron chi connectivity index (χ1n) is 10.7. The molecule has 2 aromatic heterocycles. The average Bonchev–Trinajstić information content (AvgIpc) is 3.48. The number of nitrogens with zero attached hydrogens (tertiary/aromatic N) is 2. The van der Waals surface area contributed by atoms with Gasteiger partial charge in [0.2, 0.25) is 0 Å². The van der Waals surface area contributed by atoms with Gasteiger partial charge in [-0.2, -0.15) is 0 Å². The van der Waals surface area contributed by atoms with Gasteiger partial charge in [-0.15, -0.1) is 0 Å². The Kier molecular flexibility index (Phi) is 5.16. The molecule has 0 spiro atoms. The van der Waals surface area contributed by atoms with Crippen LogP contribution < -0.4 is 4.90 Å². The highest BCUT2D eigenvalue weighted by atomic mass is 16.4. The van der Waals surface area contributed by atoms with Crippen LogP contribution in [-0.4, -0.2) is 22.1 Å². The monoisotopic (exact) mass is 412 g/mol. The number of pyridine rings is 1. The zero-order valence-electron chi connectivity index (χ0n) is 17.1. The number of hydrogen-bond acceptors (Lipinski definition) is 4. The van der Waals surface area contributed by atoms with E-state index in [1.165, 1.54) is 12.8 Å². The van der Waals surface area contributed by atoms with Crippen molar-refractivity contribution in [2.24, 2.45) is 0 Å². The summed E-state index contributed by atoms with van der Waals surface area (Å²) in [6, 6.07) is 21.4. The van der Waals surface area contributed by atoms with Crippen molar-refractivity contribution in [3.8, 4) is 0 Å². The quantitative estimate of drug-likeness (QED) is 0.417. The lowest BCUT2D eigenvalue weighted by atomic mass is 9.95. The van der Waals surface area contributed by atoms with Crippen LogP contribution in [0.5, 0.6) is 0 Å². The summed E-state index contributed by atoms with van der Waals surface area (Å²) in [7, 11) is 0. The molecule has 0 bridgehead atoms. The molecule has 5 nitrogen and oxygen atoms in total. The molecule has 1 atom stereocenters. The summed E-state index contributed by atoms with van der Waals surface area (Å²) in [4.78, 5) is 18.4. The van der Waals surface area contributed by atoms with E-state index < -0.39 is 5.97 Å². The molecule has 31 heavy (non-hydrogen) atoms. The van der Waals surface area contributed by atoms with Gasteiger partial charge in [-0.3, -0.25) is 4.98 Å². The minimum absolute atomic E-state index is 0.198. The number of fused-ring (bicyclic) bond motifs is 1. The highest BCUT2D eigenvalue weighted by molar-refractivity contribution is 5.88. The summed E-state index contributed by atoms with van der Waals surface area (Å²) < 4.78 is 6.33. The van der Waals surface area contributed by atoms with Gasteiger partial charge in [-0.1, -0.05) is 49.2 Å². The largest absolute Gasteiger partial charge is 0.478 e. The minimum Gasteiger partial charge on any atom is -0.478 e. The van der Waals surface area contributed by atoms with E-state index in [2.05, 4.69) is 28.1 Å². The molecule has 1 fully saturated rings. The van der Waals surface area contributed by atoms with Crippen LogP contribution in [0.4, 0.5) is 5.88 Å². The number of aromatic nitrogens is 1. The summed E-state index contributed by atoms with van der Waals surface area (Å²) in [6.07, 6.45) is 8.13. The highest BCUT2D eigenvalue weighted by Crippen LogP contribution is 2.41. The molecule has 1 N–H and O–H groups in total. The van der Waals surface area contributed by atoms with Gasteiger partial charge in [-0.05, 0) is 48.2 Å². The van der Waals surface area contributed by atoms with Crippen LogP contribution in [0.2, 0.25) is 0 Å². The number of rotatable bonds is 6. The SMILES string of the molecule is O=C(O)c1cccc(C(c2cccnc2)N(c2cc3ccccc3o2)C2CCCC2)c1. The fourth-order valence-corrected chi connectivity index (χ4v) is 4.69. The molecule has 156 valence electrons. The van der Waals surface area contributed by atoms with E-state index in [-0.39, 0.29) is 11.6 Å². The molecule has 1 unspecified atom stereocenters. The molecule has 2 heterocycles. The van der Waals surface area contributed by atoms with Crippen LogP contribution in [0.3, 0.4) is 0 Å². The van der Waals surface area contributed by atoms with Gasteiger partial charge in [0.15, 0.2) is 5.88 Å². The molecule has 0 saturated heterocycles. The van der Waals surface area contributed by atoms with Gasteiger partial charge in [0.25, 0.3) is 0 Å². The standard InChI is InChI=1S/C26H24N2O3/c29-26(30)20-9-5-8-19(15-20)25(21-10-6-14-27-17-21)28(22-11-2-3-12-22)24-16-18-7-1-4-13-23(18)31-24/h1,4-10,13-17,22,25H,2-3,11-12H2,(H,29,30). The molecule has 1 aliphatic carbocycles. The fourth-order valence-electron chi connectivity index (χ4n) is 4.69. The van der Waals surface area contributed by atoms with Gasteiger partial charge in [0, 0.05) is 29.9 Å². The van der Waals surface area contributed by atoms with Gasteiger partial charge < -0.3 is 14.4 Å². The topological polar surface area (TPSA) is 66.6 Å². The third-order valence-electron chi connectivity index (χ3n) is 6.11. The molecule has 5 rings (SSSR count). The summed E-state index contributed by atoms with van der Waals surface area (Å²) >= 11 is 0. The number of anilines is 1. The number of para-hydroxylation sites is 1. The second-order valence-electron chi connectivity index (χ2n) is 8.09. The van der Waals surface area contributed by atoms with E-state index in [1.807, 2.05) is 42.6 Å². The molecule has 0 radical (unpaired) electrons. The predicted octanol–water partition coefficient (Wildman–Crippen LogP) is 6.06. The maximum atomic E-state index is 11.7. The van der Waals surface area contributed by atoms with Crippen molar-refractivity contribution in [2.45, 2.75) is 37.8 Å². The van der Waals surface area contributed by atoms with Crippen molar-refractivity contribution in [2.75, 3.05) is 4.90 Å². The van der Waals surface area contributed by atoms with E-state index in [9.17, 15) is 9.90 Å². The van der Waals surface area contributed by atoms with Crippen molar-refractivity contribution in [1.29, 1.82) is 0 Å². The zero-order chi connectivity index (χ0) is 21.2. The molecule has 5 heteroatoms. The van der Waals surface area contributed by atoms with Gasteiger partial charge in [0.05, 0.1) is 11.6 Å². The number of furan rings is 1. The Morgan fingerprint density at radius 1 is 1.00 bits per heavy atom. The zero-order valence-corrected chi connectivity index (χ0v) is 17.1. The Morgan fingerprint density at radius 3 is 2.55 bits per heavy atom. The first-order chi connectivity index (χ1) is 15.2. The molecular formula is C26H24N2O3. The molecule has 0 amide bonds. The second-order valence-corrected chi connectivity index (χ2v) is 8.09. The lowest BCUT2D eigenvalue weighted by Gasteiger charge is -2.37. The summed E-state index contributed by atoms with van der Waals surface area (Å²) in [5.74, 6) is -0.120. The maximum Gasteiger partial charge on any atom is 0.335 e. The molecular weight excluding hydrogens is 388 g/mol. The van der Waals surface area contributed by atoms with Crippen LogP contribution in [0.1, 0.15) is 53.2 Å². The average molecular weight is 412 g/mol. The van der Waals surface area contributed by atoms with Crippen LogP contribution in [-0.2, 0) is 0 Å². The van der Waals surface area contributed by atoms with Crippen molar-refractivity contribution in [3.05, 3.63) is 95.8 Å². The first-order valence-corrected chi connectivity index (χ1v) is 10.7. The Bertz CT molecular complexity index is 1160. The van der Waals surface area contributed by atoms with Crippen molar-refractivity contribution < 1.29 is 14.3 Å². The van der Waals surface area contributed by atoms with Crippen LogP contribution in [0, 0.1) is 0 Å². The second kappa shape index (κ2) is 8.26. The van der Waals surface area contributed by atoms with E-state index in [0.29, 0.717) is 6.04 Å². The number of aromatic carboxylic acids is 1. The van der Waals surface area contributed by atoms with Crippen LogP contribution in [0.25, 0.3) is 11.0 Å². The summed E-state index contributed by atoms with van der Waals surface area (Å²) in [5.41, 5.74) is 3.06. The van der Waals surface area contributed by atoms with E-state index in [4.69, 9.17) is 4.42 Å². The van der Waals surface area contributed by atoms with Crippen molar-refractivity contribution >= 4 is 22.8 Å². The van der Waals surface area contributed by atoms with Gasteiger partial charge in [0.1, 0.15) is 5.58 Å². The van der Waals surface area contributed by atoms with Gasteiger partial charge in [-0.25, -0.2) is 4.79 Å². The molecule has 2 aromatic carbocycles. The van der Waals surface area contributed by atoms with Crippen molar-refractivity contribution in [1.82, 2.24) is 4.98 Å². The lowest BCUT2D eigenvalue weighted by Crippen LogP contribution is -2.37. The smallest absolute Gasteiger partial charge is 0.335 e. The Hall–Kier alpha value is -3.60. The fraction of sp³-hybridized carbons (Fsp3) is 0.231. The Balaban J connectivity index is 1.70. The molecule has 4 aromatic rings. The molecule has 0 aliphatic heterocycles. The van der Waals surface area contributed by atoms with Gasteiger partial charge >= 0.3 is 5.97 Å². The summed E-state index contributed by atoms with van der Waals surface area (Å²) in [5, 5.41) is 10.6. The maximum absolute atomic E-state index is 11.7. The number of carbonyl (C=O) groups is 1. The van der Waals surface area contributed by atoms with Crippen LogP contribution >= 0.6 is 0 Å². The van der Waals surface area contributed by atoms with Crippen molar-refractivity contribution in [3.63, 3.8) is 0 Å². The van der Waals surface area contributed by atoms with Crippen LogP contribution in [0.15, 0.2) is 83.5 Å². The van der Waals surface area contributed by atoms with E-state index in [0.717, 1.165) is 40.8 Å². The Morgan fingerprint density at radius 2 is 1.81 bits per heavy atom. The number of carboxylic acid groups (broad SMARTS) is 1. The number of benzene rings is 2. The third-order valence-corrected chi connectivity index (χ3v) is 6.11. The molecule has 1 saturated carbocycles. The lowest BCUT2D eigenvalue weighted by molar-refractivity contribution is 0.0696. The predicted molar refractivity (Wildman–Crippen MR) is 120 cm³/mol. The normalized spacial score (nSPS) is 15.2. The number of carboxylic acids is 1.